The molecule has 0 radical (unpaired) electrons. The van der Waals surface area contributed by atoms with Crippen LogP contribution >= 0.6 is 0 Å². The molecule has 0 unspecified atom stereocenters. The SMILES string of the molecule is CC(C)n1ncc(C(=O)N2CCC(C(=O)c3c(F)cc(F)cc3F)CC2)c1C(F)(F)F. The van der Waals surface area contributed by atoms with Crippen LogP contribution in [-0.4, -0.2) is 39.5 Å². The first-order chi connectivity index (χ1) is 14.4. The highest BCUT2D eigenvalue weighted by Gasteiger charge is 2.42. The number of aromatic nitrogens is 2. The van der Waals surface area contributed by atoms with E-state index in [0.717, 1.165) is 15.8 Å². The van der Waals surface area contributed by atoms with E-state index in [0.29, 0.717) is 12.1 Å². The van der Waals surface area contributed by atoms with Gasteiger partial charge in [0, 0.05) is 37.2 Å². The molecule has 5 nitrogen and oxygen atoms in total. The average molecular weight is 447 g/mol. The van der Waals surface area contributed by atoms with Gasteiger partial charge < -0.3 is 4.90 Å². The highest BCUT2D eigenvalue weighted by molar-refractivity contribution is 5.99. The molecule has 2 aromatic rings. The lowest BCUT2D eigenvalue weighted by molar-refractivity contribution is -0.145. The summed E-state index contributed by atoms with van der Waals surface area (Å²) in [6.45, 7) is 2.84. The van der Waals surface area contributed by atoms with Crippen LogP contribution in [0.5, 0.6) is 0 Å². The molecule has 1 fully saturated rings. The Morgan fingerprint density at radius 2 is 1.61 bits per heavy atom. The summed E-state index contributed by atoms with van der Waals surface area (Å²) in [6, 6.07) is 0.182. The van der Waals surface area contributed by atoms with Crippen LogP contribution in [0.4, 0.5) is 26.3 Å². The standard InChI is InChI=1S/C20H19F6N3O2/c1-10(2)29-18(20(24,25)26)13(9-27-29)19(31)28-5-3-11(4-6-28)17(30)16-14(22)7-12(21)8-15(16)23/h7-11H,3-6H2,1-2H3. The Labute approximate surface area is 173 Å². The molecule has 3 rings (SSSR count). The molecule has 168 valence electrons. The summed E-state index contributed by atoms with van der Waals surface area (Å²) in [5, 5.41) is 3.69. The Morgan fingerprint density at radius 3 is 2.10 bits per heavy atom. The highest BCUT2D eigenvalue weighted by atomic mass is 19.4. The second kappa shape index (κ2) is 8.35. The van der Waals surface area contributed by atoms with Crippen LogP contribution in [0, 0.1) is 23.4 Å². The minimum atomic E-state index is -4.79. The van der Waals surface area contributed by atoms with Gasteiger partial charge in [-0.1, -0.05) is 0 Å². The van der Waals surface area contributed by atoms with Crippen LogP contribution in [0.2, 0.25) is 0 Å². The minimum Gasteiger partial charge on any atom is -0.338 e. The normalized spacial score (nSPS) is 15.6. The smallest absolute Gasteiger partial charge is 0.338 e. The number of carbonyl (C=O) groups is 2. The summed E-state index contributed by atoms with van der Waals surface area (Å²) in [5.74, 6) is -6.41. The maximum atomic E-state index is 13.9. The Balaban J connectivity index is 1.76. The van der Waals surface area contributed by atoms with E-state index >= 15 is 0 Å². The number of benzene rings is 1. The third-order valence-electron chi connectivity index (χ3n) is 5.19. The van der Waals surface area contributed by atoms with E-state index in [1.807, 2.05) is 0 Å². The molecule has 0 atom stereocenters. The number of carbonyl (C=O) groups excluding carboxylic acids is 2. The number of rotatable bonds is 4. The lowest BCUT2D eigenvalue weighted by Crippen LogP contribution is -2.41. The van der Waals surface area contributed by atoms with Crippen molar-refractivity contribution in [2.75, 3.05) is 13.1 Å². The van der Waals surface area contributed by atoms with Gasteiger partial charge in [0.1, 0.15) is 17.5 Å². The van der Waals surface area contributed by atoms with Gasteiger partial charge in [-0.25, -0.2) is 13.2 Å². The number of likely N-dealkylation sites (tertiary alicyclic amines) is 1. The van der Waals surface area contributed by atoms with Gasteiger partial charge in [-0.3, -0.25) is 14.3 Å². The molecule has 11 heteroatoms. The van der Waals surface area contributed by atoms with Crippen molar-refractivity contribution in [1.29, 1.82) is 0 Å². The van der Waals surface area contributed by atoms with Gasteiger partial charge >= 0.3 is 6.18 Å². The van der Waals surface area contributed by atoms with E-state index in [4.69, 9.17) is 0 Å². The Hall–Kier alpha value is -2.85. The van der Waals surface area contributed by atoms with E-state index in [2.05, 4.69) is 5.10 Å². The molecule has 1 aliphatic heterocycles. The number of halogens is 6. The predicted octanol–water partition coefficient (Wildman–Crippen LogP) is 4.64. The van der Waals surface area contributed by atoms with E-state index in [1.165, 1.54) is 13.8 Å². The lowest BCUT2D eigenvalue weighted by Gasteiger charge is -2.31. The zero-order chi connectivity index (χ0) is 23.1. The first-order valence-electron chi connectivity index (χ1n) is 9.54. The summed E-state index contributed by atoms with van der Waals surface area (Å²) in [7, 11) is 0. The van der Waals surface area contributed by atoms with Gasteiger partial charge in [0.25, 0.3) is 5.91 Å². The second-order valence-electron chi connectivity index (χ2n) is 7.62. The summed E-state index contributed by atoms with van der Waals surface area (Å²) in [6.07, 6.45) is -3.93. The van der Waals surface area contributed by atoms with E-state index in [1.54, 1.807) is 0 Å². The molecular weight excluding hydrogens is 428 g/mol. The van der Waals surface area contributed by atoms with Crippen molar-refractivity contribution in [2.24, 2.45) is 5.92 Å². The van der Waals surface area contributed by atoms with Gasteiger partial charge in [0.2, 0.25) is 0 Å². The molecule has 1 saturated heterocycles. The molecule has 0 aliphatic carbocycles. The molecule has 31 heavy (non-hydrogen) atoms. The topological polar surface area (TPSA) is 55.2 Å². The fraction of sp³-hybridized carbons (Fsp3) is 0.450. The molecular formula is C20H19F6N3O2. The molecule has 0 spiro atoms. The predicted molar refractivity (Wildman–Crippen MR) is 96.9 cm³/mol. The van der Waals surface area contributed by atoms with Crippen LogP contribution < -0.4 is 0 Å². The van der Waals surface area contributed by atoms with E-state index < -0.39 is 64.1 Å². The van der Waals surface area contributed by atoms with Crippen molar-refractivity contribution in [1.82, 2.24) is 14.7 Å². The van der Waals surface area contributed by atoms with Crippen molar-refractivity contribution in [2.45, 2.75) is 38.9 Å². The second-order valence-corrected chi connectivity index (χ2v) is 7.62. The van der Waals surface area contributed by atoms with Crippen molar-refractivity contribution in [3.63, 3.8) is 0 Å². The number of alkyl halides is 3. The molecule has 1 aliphatic rings. The molecule has 0 bridgehead atoms. The number of amides is 1. The quantitative estimate of drug-likeness (QED) is 0.507. The fourth-order valence-corrected chi connectivity index (χ4v) is 3.69. The van der Waals surface area contributed by atoms with Gasteiger partial charge in [-0.05, 0) is 26.7 Å². The first kappa shape index (κ1) is 22.8. The number of ketones is 1. The van der Waals surface area contributed by atoms with Crippen LogP contribution in [0.25, 0.3) is 0 Å². The minimum absolute atomic E-state index is 0.000495. The average Bonchev–Trinajstić information content (AvgIpc) is 3.12. The number of hydrogen-bond acceptors (Lipinski definition) is 3. The summed E-state index contributed by atoms with van der Waals surface area (Å²) >= 11 is 0. The summed E-state index contributed by atoms with van der Waals surface area (Å²) in [4.78, 5) is 26.4. The molecule has 1 aromatic carbocycles. The van der Waals surface area contributed by atoms with Crippen LogP contribution in [0.3, 0.4) is 0 Å². The number of hydrogen-bond donors (Lipinski definition) is 0. The summed E-state index contributed by atoms with van der Waals surface area (Å²) in [5.41, 5.74) is -2.61. The maximum Gasteiger partial charge on any atom is 0.433 e. The third kappa shape index (κ3) is 4.45. The van der Waals surface area contributed by atoms with E-state index in [-0.39, 0.29) is 25.9 Å². The van der Waals surface area contributed by atoms with Crippen molar-refractivity contribution >= 4 is 11.7 Å². The van der Waals surface area contributed by atoms with Gasteiger partial charge in [0.15, 0.2) is 11.5 Å². The third-order valence-corrected chi connectivity index (χ3v) is 5.19. The lowest BCUT2D eigenvalue weighted by atomic mass is 9.88. The zero-order valence-corrected chi connectivity index (χ0v) is 16.6. The van der Waals surface area contributed by atoms with Gasteiger partial charge in [-0.2, -0.15) is 18.3 Å². The summed E-state index contributed by atoms with van der Waals surface area (Å²) < 4.78 is 82.1. The maximum absolute atomic E-state index is 13.9. The highest BCUT2D eigenvalue weighted by Crippen LogP contribution is 2.35. The molecule has 1 aromatic heterocycles. The molecule has 0 saturated carbocycles. The number of nitrogens with zero attached hydrogens (tertiary/aromatic N) is 3. The molecule has 0 N–H and O–H groups in total. The number of Topliss-reactive ketones (excluding diaryl/α,β-unsaturated/α-hetero) is 1. The van der Waals surface area contributed by atoms with Crippen molar-refractivity contribution < 1.29 is 35.9 Å². The number of piperidine rings is 1. The fourth-order valence-electron chi connectivity index (χ4n) is 3.69. The Kier molecular flexibility index (Phi) is 6.15. The van der Waals surface area contributed by atoms with Gasteiger partial charge in [0.05, 0.1) is 17.3 Å². The Bertz CT molecular complexity index is 984. The van der Waals surface area contributed by atoms with Crippen LogP contribution in [0.1, 0.15) is 59.1 Å². The van der Waals surface area contributed by atoms with Crippen molar-refractivity contribution in [3.8, 4) is 0 Å². The van der Waals surface area contributed by atoms with E-state index in [9.17, 15) is 35.9 Å². The zero-order valence-electron chi connectivity index (χ0n) is 16.6. The van der Waals surface area contributed by atoms with Crippen molar-refractivity contribution in [3.05, 3.63) is 52.6 Å². The molecule has 1 amide bonds. The molecule has 2 heterocycles. The first-order valence-corrected chi connectivity index (χ1v) is 9.54. The van der Waals surface area contributed by atoms with Gasteiger partial charge in [-0.15, -0.1) is 0 Å². The van der Waals surface area contributed by atoms with Crippen LogP contribution in [0.15, 0.2) is 18.3 Å². The Morgan fingerprint density at radius 1 is 1.06 bits per heavy atom. The monoisotopic (exact) mass is 447 g/mol. The van der Waals surface area contributed by atoms with Crippen LogP contribution in [-0.2, 0) is 6.18 Å². The largest absolute Gasteiger partial charge is 0.433 e.